The molecule has 0 spiro atoms. The van der Waals surface area contributed by atoms with Crippen LogP contribution in [0.1, 0.15) is 33.1 Å². The Balaban J connectivity index is 2.39. The van der Waals surface area contributed by atoms with Crippen LogP contribution in [0, 0.1) is 5.92 Å². The van der Waals surface area contributed by atoms with Crippen molar-refractivity contribution in [3.8, 4) is 0 Å². The van der Waals surface area contributed by atoms with Crippen molar-refractivity contribution >= 4 is 5.91 Å². The molecular formula is C13H26N2O2. The number of carbonyl (C=O) groups excluding carboxylic acids is 1. The second-order valence-corrected chi connectivity index (χ2v) is 5.30. The van der Waals surface area contributed by atoms with Crippen molar-refractivity contribution in [1.82, 2.24) is 10.2 Å². The summed E-state index contributed by atoms with van der Waals surface area (Å²) in [5, 5.41) is 3.40. The summed E-state index contributed by atoms with van der Waals surface area (Å²) in [5.74, 6) is 0.854. The van der Waals surface area contributed by atoms with Crippen LogP contribution in [-0.4, -0.2) is 50.2 Å². The lowest BCUT2D eigenvalue weighted by molar-refractivity contribution is -0.133. The summed E-state index contributed by atoms with van der Waals surface area (Å²) in [6, 6.07) is 0.446. The zero-order valence-corrected chi connectivity index (χ0v) is 11.5. The minimum absolute atomic E-state index is 0.00120. The fourth-order valence-electron chi connectivity index (χ4n) is 2.58. The van der Waals surface area contributed by atoms with Gasteiger partial charge in [-0.15, -0.1) is 0 Å². The van der Waals surface area contributed by atoms with Crippen molar-refractivity contribution < 1.29 is 9.53 Å². The average Bonchev–Trinajstić information content (AvgIpc) is 2.27. The molecule has 1 aliphatic heterocycles. The molecule has 1 aliphatic rings. The minimum Gasteiger partial charge on any atom is -0.385 e. The lowest BCUT2D eigenvalue weighted by Gasteiger charge is -2.34. The number of methoxy groups -OCH3 is 1. The Hall–Kier alpha value is -0.610. The van der Waals surface area contributed by atoms with Crippen molar-refractivity contribution in [2.75, 3.05) is 27.3 Å². The van der Waals surface area contributed by atoms with Crippen molar-refractivity contribution in [1.29, 1.82) is 0 Å². The second kappa shape index (κ2) is 6.97. The van der Waals surface area contributed by atoms with Crippen LogP contribution in [0.5, 0.6) is 0 Å². The predicted octanol–water partition coefficient (Wildman–Crippen LogP) is 1.26. The maximum absolute atomic E-state index is 12.2. The predicted molar refractivity (Wildman–Crippen MR) is 68.9 cm³/mol. The van der Waals surface area contributed by atoms with Crippen LogP contribution in [-0.2, 0) is 9.53 Å². The molecule has 0 aromatic rings. The molecule has 1 fully saturated rings. The molecule has 1 amide bonds. The van der Waals surface area contributed by atoms with Gasteiger partial charge in [0.05, 0.1) is 6.04 Å². The number of piperidine rings is 1. The Bertz CT molecular complexity index is 236. The van der Waals surface area contributed by atoms with Crippen LogP contribution in [0.15, 0.2) is 0 Å². The number of hydrogen-bond acceptors (Lipinski definition) is 3. The van der Waals surface area contributed by atoms with Gasteiger partial charge in [0.2, 0.25) is 5.91 Å². The summed E-state index contributed by atoms with van der Waals surface area (Å²) >= 11 is 0. The molecule has 4 heteroatoms. The number of nitrogens with zero attached hydrogens (tertiary/aromatic N) is 1. The van der Waals surface area contributed by atoms with E-state index in [1.54, 1.807) is 7.11 Å². The highest BCUT2D eigenvalue weighted by atomic mass is 16.5. The van der Waals surface area contributed by atoms with Crippen LogP contribution in [0.3, 0.4) is 0 Å². The van der Waals surface area contributed by atoms with Gasteiger partial charge in [-0.2, -0.15) is 0 Å². The fourth-order valence-corrected chi connectivity index (χ4v) is 2.58. The van der Waals surface area contributed by atoms with Crippen molar-refractivity contribution in [2.45, 2.75) is 45.2 Å². The van der Waals surface area contributed by atoms with E-state index in [0.29, 0.717) is 18.6 Å². The van der Waals surface area contributed by atoms with Gasteiger partial charge >= 0.3 is 0 Å². The third kappa shape index (κ3) is 4.64. The SMILES string of the molecule is COCCCN(C)C(=O)C1CC(C)CC(C)N1. The molecule has 0 aromatic carbocycles. The summed E-state index contributed by atoms with van der Waals surface area (Å²) in [4.78, 5) is 14.0. The van der Waals surface area contributed by atoms with Gasteiger partial charge in [-0.3, -0.25) is 4.79 Å². The Kier molecular flexibility index (Phi) is 5.92. The van der Waals surface area contributed by atoms with Crippen LogP contribution >= 0.6 is 0 Å². The molecule has 4 nitrogen and oxygen atoms in total. The largest absolute Gasteiger partial charge is 0.385 e. The molecule has 17 heavy (non-hydrogen) atoms. The molecular weight excluding hydrogens is 216 g/mol. The summed E-state index contributed by atoms with van der Waals surface area (Å²) in [6.07, 6.45) is 3.02. The van der Waals surface area contributed by atoms with Crippen molar-refractivity contribution in [2.24, 2.45) is 5.92 Å². The van der Waals surface area contributed by atoms with Gasteiger partial charge < -0.3 is 15.0 Å². The molecule has 0 bridgehead atoms. The third-order valence-electron chi connectivity index (χ3n) is 3.40. The first-order valence-electron chi connectivity index (χ1n) is 6.54. The second-order valence-electron chi connectivity index (χ2n) is 5.30. The molecule has 100 valence electrons. The van der Waals surface area contributed by atoms with Gasteiger partial charge in [0, 0.05) is 33.4 Å². The van der Waals surface area contributed by atoms with Crippen molar-refractivity contribution in [3.63, 3.8) is 0 Å². The Labute approximate surface area is 105 Å². The maximum atomic E-state index is 12.2. The van der Waals surface area contributed by atoms with Crippen molar-refractivity contribution in [3.05, 3.63) is 0 Å². The number of nitrogens with one attached hydrogen (secondary N) is 1. The first-order valence-corrected chi connectivity index (χ1v) is 6.54. The Morgan fingerprint density at radius 1 is 1.41 bits per heavy atom. The van der Waals surface area contributed by atoms with Crippen LogP contribution < -0.4 is 5.32 Å². The van der Waals surface area contributed by atoms with Gasteiger partial charge in [0.25, 0.3) is 0 Å². The van der Waals surface area contributed by atoms with Gasteiger partial charge in [0.15, 0.2) is 0 Å². The summed E-state index contributed by atoms with van der Waals surface area (Å²) in [5.41, 5.74) is 0. The first-order chi connectivity index (χ1) is 8.04. The van der Waals surface area contributed by atoms with Gasteiger partial charge in [-0.25, -0.2) is 0 Å². The molecule has 1 heterocycles. The molecule has 1 N–H and O–H groups in total. The highest BCUT2D eigenvalue weighted by molar-refractivity contribution is 5.81. The third-order valence-corrected chi connectivity index (χ3v) is 3.40. The molecule has 1 saturated heterocycles. The molecule has 0 saturated carbocycles. The molecule has 0 aliphatic carbocycles. The van der Waals surface area contributed by atoms with E-state index >= 15 is 0 Å². The van der Waals surface area contributed by atoms with E-state index in [-0.39, 0.29) is 11.9 Å². The summed E-state index contributed by atoms with van der Waals surface area (Å²) in [6.45, 7) is 5.86. The molecule has 3 unspecified atom stereocenters. The van der Waals surface area contributed by atoms with E-state index in [9.17, 15) is 4.79 Å². The number of rotatable bonds is 5. The van der Waals surface area contributed by atoms with Crippen LogP contribution in [0.4, 0.5) is 0 Å². The minimum atomic E-state index is 0.00120. The standard InChI is InChI=1S/C13H26N2O2/c1-10-8-11(2)14-12(9-10)13(16)15(3)6-5-7-17-4/h10-12,14H,5-9H2,1-4H3. The number of ether oxygens (including phenoxy) is 1. The maximum Gasteiger partial charge on any atom is 0.239 e. The molecule has 1 rings (SSSR count). The normalized spacial score (nSPS) is 29.1. The zero-order chi connectivity index (χ0) is 12.8. The summed E-state index contributed by atoms with van der Waals surface area (Å²) < 4.78 is 5.00. The van der Waals surface area contributed by atoms with E-state index in [1.807, 2.05) is 11.9 Å². The smallest absolute Gasteiger partial charge is 0.239 e. The van der Waals surface area contributed by atoms with E-state index in [0.717, 1.165) is 25.8 Å². The average molecular weight is 242 g/mol. The van der Waals surface area contributed by atoms with E-state index in [4.69, 9.17) is 4.74 Å². The molecule has 0 aromatic heterocycles. The number of likely N-dealkylation sites (N-methyl/N-ethyl adjacent to an activating group) is 1. The topological polar surface area (TPSA) is 41.6 Å². The van der Waals surface area contributed by atoms with Crippen LogP contribution in [0.25, 0.3) is 0 Å². The number of amides is 1. The lowest BCUT2D eigenvalue weighted by Crippen LogP contribution is -2.52. The monoisotopic (exact) mass is 242 g/mol. The number of hydrogen-bond donors (Lipinski definition) is 1. The summed E-state index contributed by atoms with van der Waals surface area (Å²) in [7, 11) is 3.57. The van der Waals surface area contributed by atoms with E-state index in [2.05, 4.69) is 19.2 Å². The zero-order valence-electron chi connectivity index (χ0n) is 11.5. The fraction of sp³-hybridized carbons (Fsp3) is 0.923. The lowest BCUT2D eigenvalue weighted by atomic mass is 9.89. The Morgan fingerprint density at radius 3 is 2.71 bits per heavy atom. The van der Waals surface area contributed by atoms with E-state index in [1.165, 1.54) is 0 Å². The van der Waals surface area contributed by atoms with Gasteiger partial charge in [-0.05, 0) is 32.1 Å². The van der Waals surface area contributed by atoms with E-state index < -0.39 is 0 Å². The highest BCUT2D eigenvalue weighted by Crippen LogP contribution is 2.20. The highest BCUT2D eigenvalue weighted by Gasteiger charge is 2.29. The Morgan fingerprint density at radius 2 is 2.12 bits per heavy atom. The van der Waals surface area contributed by atoms with Crippen LogP contribution in [0.2, 0.25) is 0 Å². The molecule has 3 atom stereocenters. The first kappa shape index (κ1) is 14.5. The number of carbonyl (C=O) groups is 1. The van der Waals surface area contributed by atoms with Gasteiger partial charge in [0.1, 0.15) is 0 Å². The van der Waals surface area contributed by atoms with Gasteiger partial charge in [-0.1, -0.05) is 6.92 Å². The quantitative estimate of drug-likeness (QED) is 0.738. The molecule has 0 radical (unpaired) electrons.